The Labute approximate surface area is 135 Å². The Balaban J connectivity index is 2.57. The van der Waals surface area contributed by atoms with E-state index < -0.39 is 5.41 Å². The van der Waals surface area contributed by atoms with E-state index in [4.69, 9.17) is 23.2 Å². The Bertz CT molecular complexity index is 631. The number of rotatable bonds is 5. The fourth-order valence-corrected chi connectivity index (χ4v) is 3.17. The molecular weight excluding hydrogens is 303 g/mol. The third kappa shape index (κ3) is 3.00. The number of carbonyl (C=O) groups is 1. The lowest BCUT2D eigenvalue weighted by Crippen LogP contribution is -2.35. The van der Waals surface area contributed by atoms with Crippen molar-refractivity contribution in [2.45, 2.75) is 32.1 Å². The van der Waals surface area contributed by atoms with E-state index in [2.05, 4.69) is 0 Å². The van der Waals surface area contributed by atoms with Crippen molar-refractivity contribution in [2.24, 2.45) is 0 Å². The highest BCUT2D eigenvalue weighted by atomic mass is 35.5. The average Bonchev–Trinajstić information content (AvgIpc) is 2.52. The standard InChI is InChI=1S/C18H18Cl2O/c1-3-18(4-2,13-8-6-5-7-9-13)17(21)15-12-14(19)10-11-16(15)20/h5-12H,3-4H2,1-2H3. The lowest BCUT2D eigenvalue weighted by atomic mass is 9.70. The first-order valence-electron chi connectivity index (χ1n) is 7.10. The number of halogens is 2. The molecule has 0 aliphatic heterocycles. The van der Waals surface area contributed by atoms with Gasteiger partial charge in [0.1, 0.15) is 0 Å². The van der Waals surface area contributed by atoms with E-state index in [1.54, 1.807) is 18.2 Å². The molecular formula is C18H18Cl2O. The molecule has 2 rings (SSSR count). The highest BCUT2D eigenvalue weighted by molar-refractivity contribution is 6.36. The first kappa shape index (κ1) is 16.1. The second-order valence-electron chi connectivity index (χ2n) is 5.11. The van der Waals surface area contributed by atoms with Gasteiger partial charge in [-0.05, 0) is 36.6 Å². The van der Waals surface area contributed by atoms with Crippen LogP contribution in [-0.4, -0.2) is 5.78 Å². The largest absolute Gasteiger partial charge is 0.293 e. The van der Waals surface area contributed by atoms with Gasteiger partial charge in [-0.1, -0.05) is 67.4 Å². The molecule has 2 aromatic rings. The minimum absolute atomic E-state index is 0.0335. The fourth-order valence-electron chi connectivity index (χ4n) is 2.80. The maximum absolute atomic E-state index is 13.2. The molecule has 0 amide bonds. The number of carbonyl (C=O) groups excluding carboxylic acids is 1. The SMILES string of the molecule is CCC(CC)(C(=O)c1cc(Cl)ccc1Cl)c1ccccc1. The molecule has 21 heavy (non-hydrogen) atoms. The van der Waals surface area contributed by atoms with Crippen molar-refractivity contribution >= 4 is 29.0 Å². The van der Waals surface area contributed by atoms with E-state index in [1.807, 2.05) is 44.2 Å². The molecule has 0 saturated carbocycles. The van der Waals surface area contributed by atoms with Crippen LogP contribution >= 0.6 is 23.2 Å². The summed E-state index contributed by atoms with van der Waals surface area (Å²) in [4.78, 5) is 13.2. The minimum atomic E-state index is -0.560. The van der Waals surface area contributed by atoms with Crippen molar-refractivity contribution in [1.82, 2.24) is 0 Å². The van der Waals surface area contributed by atoms with Gasteiger partial charge in [-0.2, -0.15) is 0 Å². The molecule has 1 nitrogen and oxygen atoms in total. The molecule has 3 heteroatoms. The molecule has 0 fully saturated rings. The van der Waals surface area contributed by atoms with Crippen LogP contribution in [0.5, 0.6) is 0 Å². The van der Waals surface area contributed by atoms with E-state index in [-0.39, 0.29) is 5.78 Å². The van der Waals surface area contributed by atoms with Gasteiger partial charge >= 0.3 is 0 Å². The molecule has 110 valence electrons. The van der Waals surface area contributed by atoms with Crippen molar-refractivity contribution in [1.29, 1.82) is 0 Å². The Morgan fingerprint density at radius 3 is 2.19 bits per heavy atom. The predicted octanol–water partition coefficient (Wildman–Crippen LogP) is 5.93. The van der Waals surface area contributed by atoms with Crippen LogP contribution in [-0.2, 0) is 5.41 Å². The smallest absolute Gasteiger partial charge is 0.174 e. The van der Waals surface area contributed by atoms with Crippen LogP contribution in [0.25, 0.3) is 0 Å². The number of hydrogen-bond donors (Lipinski definition) is 0. The van der Waals surface area contributed by atoms with E-state index >= 15 is 0 Å². The second kappa shape index (κ2) is 6.64. The summed E-state index contributed by atoms with van der Waals surface area (Å²) < 4.78 is 0. The highest BCUT2D eigenvalue weighted by Gasteiger charge is 2.38. The molecule has 0 N–H and O–H groups in total. The van der Waals surface area contributed by atoms with E-state index in [0.717, 1.165) is 18.4 Å². The summed E-state index contributed by atoms with van der Waals surface area (Å²) in [6.07, 6.45) is 1.43. The molecule has 0 aromatic heterocycles. The zero-order valence-electron chi connectivity index (χ0n) is 12.2. The van der Waals surface area contributed by atoms with E-state index in [9.17, 15) is 4.79 Å². The first-order chi connectivity index (χ1) is 10.0. The van der Waals surface area contributed by atoms with E-state index in [1.165, 1.54) is 0 Å². The van der Waals surface area contributed by atoms with Gasteiger partial charge in [0.15, 0.2) is 5.78 Å². The van der Waals surface area contributed by atoms with Crippen LogP contribution in [0.1, 0.15) is 42.6 Å². The van der Waals surface area contributed by atoms with Crippen LogP contribution < -0.4 is 0 Å². The molecule has 0 aliphatic rings. The van der Waals surface area contributed by atoms with Crippen LogP contribution in [0, 0.1) is 0 Å². The Hall–Kier alpha value is -1.31. The summed E-state index contributed by atoms with van der Waals surface area (Å²) in [6, 6.07) is 14.9. The number of hydrogen-bond acceptors (Lipinski definition) is 1. The van der Waals surface area contributed by atoms with Crippen molar-refractivity contribution in [3.63, 3.8) is 0 Å². The maximum atomic E-state index is 13.2. The van der Waals surface area contributed by atoms with Crippen LogP contribution in [0.2, 0.25) is 10.0 Å². The fraction of sp³-hybridized carbons (Fsp3) is 0.278. The Morgan fingerprint density at radius 1 is 1.00 bits per heavy atom. The summed E-state index contributed by atoms with van der Waals surface area (Å²) in [5.74, 6) is 0.0335. The molecule has 0 saturated heterocycles. The molecule has 0 radical (unpaired) electrons. The maximum Gasteiger partial charge on any atom is 0.174 e. The van der Waals surface area contributed by atoms with Crippen molar-refractivity contribution in [2.75, 3.05) is 0 Å². The number of ketones is 1. The molecule has 0 bridgehead atoms. The third-order valence-corrected chi connectivity index (χ3v) is 4.71. The molecule has 0 unspecified atom stereocenters. The lowest BCUT2D eigenvalue weighted by molar-refractivity contribution is 0.0873. The van der Waals surface area contributed by atoms with Gasteiger partial charge in [0.05, 0.1) is 10.4 Å². The summed E-state index contributed by atoms with van der Waals surface area (Å²) in [7, 11) is 0. The molecule has 0 atom stereocenters. The number of Topliss-reactive ketones (excluding diaryl/α,β-unsaturated/α-hetero) is 1. The molecule has 0 spiro atoms. The van der Waals surface area contributed by atoms with Gasteiger partial charge in [0.25, 0.3) is 0 Å². The molecule has 2 aromatic carbocycles. The average molecular weight is 321 g/mol. The van der Waals surface area contributed by atoms with E-state index in [0.29, 0.717) is 15.6 Å². The summed E-state index contributed by atoms with van der Waals surface area (Å²) in [6.45, 7) is 4.07. The van der Waals surface area contributed by atoms with Gasteiger partial charge in [0.2, 0.25) is 0 Å². The predicted molar refractivity (Wildman–Crippen MR) is 89.5 cm³/mol. The summed E-state index contributed by atoms with van der Waals surface area (Å²) in [5, 5.41) is 0.975. The zero-order valence-corrected chi connectivity index (χ0v) is 13.7. The Morgan fingerprint density at radius 2 is 1.62 bits per heavy atom. The second-order valence-corrected chi connectivity index (χ2v) is 5.95. The topological polar surface area (TPSA) is 17.1 Å². The van der Waals surface area contributed by atoms with Crippen LogP contribution in [0.15, 0.2) is 48.5 Å². The normalized spacial score (nSPS) is 11.4. The third-order valence-electron chi connectivity index (χ3n) is 4.14. The lowest BCUT2D eigenvalue weighted by Gasteiger charge is -2.31. The molecule has 0 heterocycles. The van der Waals surface area contributed by atoms with Gasteiger partial charge in [-0.3, -0.25) is 4.79 Å². The molecule has 0 aliphatic carbocycles. The van der Waals surface area contributed by atoms with Gasteiger partial charge in [0, 0.05) is 10.6 Å². The minimum Gasteiger partial charge on any atom is -0.293 e. The summed E-state index contributed by atoms with van der Waals surface area (Å²) >= 11 is 12.3. The van der Waals surface area contributed by atoms with Crippen molar-refractivity contribution in [3.05, 3.63) is 69.7 Å². The van der Waals surface area contributed by atoms with Crippen molar-refractivity contribution < 1.29 is 4.79 Å². The van der Waals surface area contributed by atoms with Crippen LogP contribution in [0.4, 0.5) is 0 Å². The van der Waals surface area contributed by atoms with Crippen molar-refractivity contribution in [3.8, 4) is 0 Å². The monoisotopic (exact) mass is 320 g/mol. The van der Waals surface area contributed by atoms with Gasteiger partial charge < -0.3 is 0 Å². The zero-order chi connectivity index (χ0) is 15.5. The summed E-state index contributed by atoms with van der Waals surface area (Å²) in [5.41, 5.74) is 0.961. The quantitative estimate of drug-likeness (QED) is 0.623. The number of benzene rings is 2. The van der Waals surface area contributed by atoms with Gasteiger partial charge in [-0.15, -0.1) is 0 Å². The van der Waals surface area contributed by atoms with Crippen LogP contribution in [0.3, 0.4) is 0 Å². The Kier molecular flexibility index (Phi) is 5.08. The van der Waals surface area contributed by atoms with Gasteiger partial charge in [-0.25, -0.2) is 0 Å². The first-order valence-corrected chi connectivity index (χ1v) is 7.86. The highest BCUT2D eigenvalue weighted by Crippen LogP contribution is 2.37.